The van der Waals surface area contributed by atoms with E-state index in [4.69, 9.17) is 24.4 Å². The first kappa shape index (κ1) is 13.5. The lowest BCUT2D eigenvalue weighted by Gasteiger charge is -2.06. The molecular formula is C8H16O6. The minimum Gasteiger partial charge on any atom is -0.377 e. The predicted molar refractivity (Wildman–Crippen MR) is 46.7 cm³/mol. The van der Waals surface area contributed by atoms with E-state index >= 15 is 0 Å². The molecule has 0 bridgehead atoms. The molecule has 0 saturated carbocycles. The molecular weight excluding hydrogens is 192 g/mol. The van der Waals surface area contributed by atoms with Crippen molar-refractivity contribution in [2.75, 3.05) is 39.6 Å². The molecule has 6 heteroatoms. The lowest BCUT2D eigenvalue weighted by molar-refractivity contribution is -0.112. The van der Waals surface area contributed by atoms with Crippen molar-refractivity contribution in [1.29, 1.82) is 0 Å². The Morgan fingerprint density at radius 3 is 2.14 bits per heavy atom. The van der Waals surface area contributed by atoms with Gasteiger partial charge in [0.2, 0.25) is 0 Å². The van der Waals surface area contributed by atoms with Crippen LogP contribution in [0.1, 0.15) is 0 Å². The molecule has 0 aliphatic carbocycles. The molecule has 0 aliphatic heterocycles. The number of ether oxygens (including phenoxy) is 3. The Bertz CT molecular complexity index is 127. The number of aldehydes is 1. The van der Waals surface area contributed by atoms with Gasteiger partial charge < -0.3 is 29.2 Å². The van der Waals surface area contributed by atoms with Crippen molar-refractivity contribution < 1.29 is 29.2 Å². The minimum atomic E-state index is -1.44. The number of carbonyl (C=O) groups is 1. The molecule has 84 valence electrons. The van der Waals surface area contributed by atoms with E-state index in [0.717, 1.165) is 0 Å². The molecule has 0 fully saturated rings. The Morgan fingerprint density at radius 1 is 1.00 bits per heavy atom. The van der Waals surface area contributed by atoms with Crippen LogP contribution in [0.4, 0.5) is 0 Å². The third-order valence-electron chi connectivity index (χ3n) is 1.20. The van der Waals surface area contributed by atoms with Gasteiger partial charge in [0.25, 0.3) is 0 Å². The van der Waals surface area contributed by atoms with E-state index in [1.807, 2.05) is 0 Å². The zero-order valence-electron chi connectivity index (χ0n) is 7.92. The number of hydrogen-bond donors (Lipinski definition) is 2. The topological polar surface area (TPSA) is 85.2 Å². The van der Waals surface area contributed by atoms with Gasteiger partial charge in [-0.1, -0.05) is 0 Å². The molecule has 0 spiro atoms. The van der Waals surface area contributed by atoms with Gasteiger partial charge >= 0.3 is 0 Å². The van der Waals surface area contributed by atoms with E-state index in [-0.39, 0.29) is 13.2 Å². The molecule has 0 radical (unpaired) electrons. The molecule has 0 aromatic heterocycles. The smallest absolute Gasteiger partial charge is 0.175 e. The Morgan fingerprint density at radius 2 is 1.57 bits per heavy atom. The van der Waals surface area contributed by atoms with Crippen molar-refractivity contribution in [3.05, 3.63) is 0 Å². The largest absolute Gasteiger partial charge is 0.377 e. The summed E-state index contributed by atoms with van der Waals surface area (Å²) in [6.07, 6.45) is -0.767. The van der Waals surface area contributed by atoms with E-state index < -0.39 is 6.29 Å². The summed E-state index contributed by atoms with van der Waals surface area (Å²) >= 11 is 0. The van der Waals surface area contributed by atoms with Crippen LogP contribution in [0, 0.1) is 0 Å². The van der Waals surface area contributed by atoms with Crippen LogP contribution in [-0.4, -0.2) is 62.4 Å². The summed E-state index contributed by atoms with van der Waals surface area (Å²) in [7, 11) is 0. The van der Waals surface area contributed by atoms with Crippen molar-refractivity contribution in [3.8, 4) is 0 Å². The van der Waals surface area contributed by atoms with E-state index in [0.29, 0.717) is 32.7 Å². The van der Waals surface area contributed by atoms with Crippen LogP contribution in [0.15, 0.2) is 0 Å². The molecule has 0 aliphatic rings. The fourth-order valence-corrected chi connectivity index (χ4v) is 0.658. The number of rotatable bonds is 10. The Labute approximate surface area is 82.4 Å². The van der Waals surface area contributed by atoms with Crippen molar-refractivity contribution in [2.45, 2.75) is 6.29 Å². The molecule has 2 N–H and O–H groups in total. The predicted octanol–water partition coefficient (Wildman–Crippen LogP) is -1.45. The fourth-order valence-electron chi connectivity index (χ4n) is 0.658. The first-order chi connectivity index (χ1) is 6.77. The summed E-state index contributed by atoms with van der Waals surface area (Å²) in [5, 5.41) is 16.8. The van der Waals surface area contributed by atoms with Crippen LogP contribution in [0.5, 0.6) is 0 Å². The minimum absolute atomic E-state index is 0.0799. The maximum atomic E-state index is 9.81. The first-order valence-corrected chi connectivity index (χ1v) is 4.30. The van der Waals surface area contributed by atoms with Gasteiger partial charge in [-0.2, -0.15) is 0 Å². The van der Waals surface area contributed by atoms with E-state index in [9.17, 15) is 4.79 Å². The monoisotopic (exact) mass is 208 g/mol. The fraction of sp³-hybridized carbons (Fsp3) is 0.875. The quantitative estimate of drug-likeness (QED) is 0.259. The molecule has 0 unspecified atom stereocenters. The summed E-state index contributed by atoms with van der Waals surface area (Å²) in [6, 6.07) is 0. The molecule has 6 nitrogen and oxygen atoms in total. The zero-order chi connectivity index (χ0) is 10.6. The summed E-state index contributed by atoms with van der Waals surface area (Å²) in [6.45, 7) is 1.37. The van der Waals surface area contributed by atoms with Crippen LogP contribution in [-0.2, 0) is 19.0 Å². The van der Waals surface area contributed by atoms with Gasteiger partial charge in [0.1, 0.15) is 12.9 Å². The third kappa shape index (κ3) is 11.5. The molecule has 0 rings (SSSR count). The maximum Gasteiger partial charge on any atom is 0.175 e. The molecule has 0 aromatic carbocycles. The van der Waals surface area contributed by atoms with E-state index in [1.165, 1.54) is 0 Å². The lowest BCUT2D eigenvalue weighted by atomic mass is 10.6. The summed E-state index contributed by atoms with van der Waals surface area (Å²) in [5.74, 6) is 0. The van der Waals surface area contributed by atoms with Gasteiger partial charge in [0, 0.05) is 0 Å². The summed E-state index contributed by atoms with van der Waals surface area (Å²) in [5.41, 5.74) is 0. The van der Waals surface area contributed by atoms with Gasteiger partial charge in [-0.15, -0.1) is 0 Å². The third-order valence-corrected chi connectivity index (χ3v) is 1.20. The van der Waals surface area contributed by atoms with Crippen molar-refractivity contribution in [2.24, 2.45) is 0 Å². The highest BCUT2D eigenvalue weighted by molar-refractivity contribution is 5.50. The van der Waals surface area contributed by atoms with Gasteiger partial charge in [0.15, 0.2) is 6.29 Å². The maximum absolute atomic E-state index is 9.81. The normalized spacial score (nSPS) is 10.8. The SMILES string of the molecule is O=CCOCCOCCOCC(O)O. The first-order valence-electron chi connectivity index (χ1n) is 4.30. The average Bonchev–Trinajstić information content (AvgIpc) is 2.15. The lowest BCUT2D eigenvalue weighted by Crippen LogP contribution is -2.17. The second kappa shape index (κ2) is 10.6. The Kier molecular flexibility index (Phi) is 10.2. The van der Waals surface area contributed by atoms with Gasteiger partial charge in [0.05, 0.1) is 33.0 Å². The standard InChI is InChI=1S/C8H16O6/c9-1-2-12-3-4-13-5-6-14-7-8(10)11/h1,8,10-11H,2-7H2. The molecule has 0 saturated heterocycles. The highest BCUT2D eigenvalue weighted by Gasteiger charge is 1.96. The van der Waals surface area contributed by atoms with E-state index in [2.05, 4.69) is 0 Å². The highest BCUT2D eigenvalue weighted by atomic mass is 16.6. The Balaban J connectivity index is 2.88. The number of aliphatic hydroxyl groups is 2. The van der Waals surface area contributed by atoms with Gasteiger partial charge in [-0.25, -0.2) is 0 Å². The van der Waals surface area contributed by atoms with Crippen LogP contribution in [0.25, 0.3) is 0 Å². The summed E-state index contributed by atoms with van der Waals surface area (Å²) < 4.78 is 14.6. The van der Waals surface area contributed by atoms with Crippen LogP contribution < -0.4 is 0 Å². The Hall–Kier alpha value is -0.530. The van der Waals surface area contributed by atoms with Crippen molar-refractivity contribution >= 4 is 6.29 Å². The molecule has 14 heavy (non-hydrogen) atoms. The van der Waals surface area contributed by atoms with Crippen LogP contribution >= 0.6 is 0 Å². The molecule has 0 amide bonds. The molecule has 0 atom stereocenters. The van der Waals surface area contributed by atoms with Crippen LogP contribution in [0.2, 0.25) is 0 Å². The van der Waals surface area contributed by atoms with Crippen molar-refractivity contribution in [3.63, 3.8) is 0 Å². The van der Waals surface area contributed by atoms with Gasteiger partial charge in [-0.3, -0.25) is 0 Å². The number of hydrogen-bond acceptors (Lipinski definition) is 6. The van der Waals surface area contributed by atoms with Crippen LogP contribution in [0.3, 0.4) is 0 Å². The van der Waals surface area contributed by atoms with Crippen molar-refractivity contribution in [1.82, 2.24) is 0 Å². The highest BCUT2D eigenvalue weighted by Crippen LogP contribution is 1.82. The second-order valence-electron chi connectivity index (χ2n) is 2.41. The zero-order valence-corrected chi connectivity index (χ0v) is 7.92. The molecule has 0 heterocycles. The average molecular weight is 208 g/mol. The number of carbonyl (C=O) groups excluding carboxylic acids is 1. The molecule has 0 aromatic rings. The second-order valence-corrected chi connectivity index (χ2v) is 2.41. The van der Waals surface area contributed by atoms with E-state index in [1.54, 1.807) is 0 Å². The summed E-state index contributed by atoms with van der Waals surface area (Å²) in [4.78, 5) is 9.81. The number of aliphatic hydroxyl groups excluding tert-OH is 1. The van der Waals surface area contributed by atoms with Gasteiger partial charge in [-0.05, 0) is 0 Å².